The van der Waals surface area contributed by atoms with Crippen LogP contribution in [-0.2, 0) is 0 Å². The summed E-state index contributed by atoms with van der Waals surface area (Å²) in [6.07, 6.45) is 46.0. The quantitative estimate of drug-likeness (QED) is 0.229. The van der Waals surface area contributed by atoms with Crippen LogP contribution in [0.5, 0.6) is 0 Å². The van der Waals surface area contributed by atoms with Crippen molar-refractivity contribution in [3.8, 4) is 0 Å². The largest absolute Gasteiger partial charge is 0.0622 e. The van der Waals surface area contributed by atoms with E-state index in [4.69, 9.17) is 0 Å². The van der Waals surface area contributed by atoms with Crippen molar-refractivity contribution in [2.24, 2.45) is 166 Å². The molecule has 0 spiro atoms. The van der Waals surface area contributed by atoms with Crippen molar-refractivity contribution >= 4 is 23.8 Å². The van der Waals surface area contributed by atoms with Gasteiger partial charge in [-0.05, 0) is 344 Å². The van der Waals surface area contributed by atoms with Crippen LogP contribution < -0.4 is 15.9 Å². The minimum atomic E-state index is -0.446. The molecule has 0 amide bonds. The van der Waals surface area contributed by atoms with E-state index in [0.29, 0.717) is 0 Å². The molecule has 16 aliphatic carbocycles. The molecule has 19 rings (SSSR count). The van der Waals surface area contributed by atoms with Gasteiger partial charge in [0.05, 0.1) is 0 Å². The summed E-state index contributed by atoms with van der Waals surface area (Å²) in [4.78, 5) is 0. The van der Waals surface area contributed by atoms with E-state index in [-0.39, 0.29) is 0 Å². The molecule has 0 N–H and O–H groups in total. The van der Waals surface area contributed by atoms with Gasteiger partial charge in [0, 0.05) is 0 Å². The van der Waals surface area contributed by atoms with Crippen molar-refractivity contribution in [3.63, 3.8) is 0 Å². The van der Waals surface area contributed by atoms with Crippen LogP contribution in [0.25, 0.3) is 0 Å². The molecule has 75 heavy (non-hydrogen) atoms. The highest BCUT2D eigenvalue weighted by molar-refractivity contribution is 7.79. The van der Waals surface area contributed by atoms with Crippen LogP contribution in [0.2, 0.25) is 0 Å². The molecule has 0 heterocycles. The second-order valence-electron chi connectivity index (χ2n) is 31.1. The number of fused-ring (bicyclic) bond motifs is 8. The molecular weight excluding hydrogens is 920 g/mol. The fraction of sp³-hybridized carbons (Fsp3) is 0.757. The lowest BCUT2D eigenvalue weighted by molar-refractivity contribution is -0.168. The van der Waals surface area contributed by atoms with Gasteiger partial charge in [-0.1, -0.05) is 117 Å². The molecule has 1 heteroatoms. The molecule has 0 aromatic heterocycles. The first-order chi connectivity index (χ1) is 37.2. The highest BCUT2D eigenvalue weighted by Gasteiger charge is 2.68. The van der Waals surface area contributed by atoms with E-state index in [1.165, 1.54) is 170 Å². The Morgan fingerprint density at radius 2 is 0.413 bits per heavy atom. The fourth-order valence-electron chi connectivity index (χ4n) is 28.2. The third-order valence-electron chi connectivity index (χ3n) is 29.7. The predicted octanol–water partition coefficient (Wildman–Crippen LogP) is 17.8. The monoisotopic (exact) mass is 1020 g/mol. The van der Waals surface area contributed by atoms with Crippen molar-refractivity contribution in [2.75, 3.05) is 0 Å². The Morgan fingerprint density at radius 3 is 0.680 bits per heavy atom. The Morgan fingerprint density at radius 1 is 0.200 bits per heavy atom. The molecule has 3 aromatic rings. The average molecular weight is 1020 g/mol. The topological polar surface area (TPSA) is 0 Å². The molecule has 0 nitrogen and oxygen atoms in total. The third-order valence-corrected chi connectivity index (χ3v) is 32.2. The van der Waals surface area contributed by atoms with Crippen molar-refractivity contribution < 1.29 is 0 Å². The Balaban J connectivity index is 0.0000000957. The maximum Gasteiger partial charge on any atom is -0.0134 e. The summed E-state index contributed by atoms with van der Waals surface area (Å²) >= 11 is 0. The number of benzene rings is 3. The standard InChI is InChI=1S/C32H48.C24H36.C18H15P/c1-2-4-20-16-28-26-14-12-24-22-10-8-18-6-5-17-7-9-21(30(22)29(17)18)23-11-13-25(32(26)31(23)24)27(28)15-19(20)3-1;1-2-14-6-10-18-20-12-8-16-4-3-15-7-11-19(24(20)22(15)16)17-9-5-13(1)21(14)23(17)18;1-4-10-16(11-5-1)19(17-12-6-2-7-13-17)18-14-8-3-9-15-18/h17-32H,1-16H2;13-24H,1-12H2;1-15H. The van der Waals surface area contributed by atoms with Crippen LogP contribution in [0.4, 0.5) is 0 Å². The Bertz CT molecular complexity index is 2220. The molecule has 0 saturated heterocycles. The summed E-state index contributed by atoms with van der Waals surface area (Å²) in [5.41, 5.74) is 0. The van der Waals surface area contributed by atoms with Crippen LogP contribution >= 0.6 is 7.92 Å². The van der Waals surface area contributed by atoms with Crippen LogP contribution in [0.15, 0.2) is 91.0 Å². The van der Waals surface area contributed by atoms with Gasteiger partial charge in [0.15, 0.2) is 0 Å². The van der Waals surface area contributed by atoms with E-state index in [0.717, 1.165) is 11.8 Å². The molecule has 0 aliphatic heterocycles. The Labute approximate surface area is 457 Å². The maximum absolute atomic E-state index is 2.23. The number of hydrogen-bond donors (Lipinski definition) is 0. The summed E-state index contributed by atoms with van der Waals surface area (Å²) in [7, 11) is -0.446. The number of hydrogen-bond acceptors (Lipinski definition) is 0. The molecule has 16 fully saturated rings. The molecule has 400 valence electrons. The summed E-state index contributed by atoms with van der Waals surface area (Å²) in [5, 5.41) is 4.19. The van der Waals surface area contributed by atoms with Gasteiger partial charge >= 0.3 is 0 Å². The fourth-order valence-corrected chi connectivity index (χ4v) is 30.5. The van der Waals surface area contributed by atoms with E-state index in [1.807, 2.05) is 0 Å². The van der Waals surface area contributed by atoms with Gasteiger partial charge in [-0.2, -0.15) is 0 Å². The molecule has 20 unspecified atom stereocenters. The molecule has 20 atom stereocenters. The highest BCUT2D eigenvalue weighted by Crippen LogP contribution is 2.75. The minimum Gasteiger partial charge on any atom is -0.0622 e. The Hall–Kier alpha value is -1.91. The summed E-state index contributed by atoms with van der Waals surface area (Å²) in [6.45, 7) is 0. The van der Waals surface area contributed by atoms with Crippen LogP contribution in [0.1, 0.15) is 180 Å². The van der Waals surface area contributed by atoms with Crippen molar-refractivity contribution in [1.82, 2.24) is 0 Å². The highest BCUT2D eigenvalue weighted by atomic mass is 31.1. The zero-order valence-electron chi connectivity index (χ0n) is 46.6. The van der Waals surface area contributed by atoms with E-state index in [2.05, 4.69) is 91.0 Å². The van der Waals surface area contributed by atoms with Crippen LogP contribution in [-0.4, -0.2) is 0 Å². The summed E-state index contributed by atoms with van der Waals surface area (Å²) < 4.78 is 0. The van der Waals surface area contributed by atoms with E-state index < -0.39 is 7.92 Å². The van der Waals surface area contributed by atoms with Gasteiger partial charge in [-0.3, -0.25) is 0 Å². The predicted molar refractivity (Wildman–Crippen MR) is 312 cm³/mol. The minimum absolute atomic E-state index is 0.446. The summed E-state index contributed by atoms with van der Waals surface area (Å²) in [6, 6.07) is 32.3. The van der Waals surface area contributed by atoms with Crippen molar-refractivity contribution in [2.45, 2.75) is 180 Å². The van der Waals surface area contributed by atoms with E-state index >= 15 is 0 Å². The first-order valence-corrected chi connectivity index (χ1v) is 35.5. The van der Waals surface area contributed by atoms with Gasteiger partial charge in [-0.15, -0.1) is 0 Å². The molecular formula is C74H99P. The second kappa shape index (κ2) is 19.4. The Kier molecular flexibility index (Phi) is 12.4. The van der Waals surface area contributed by atoms with Crippen molar-refractivity contribution in [3.05, 3.63) is 91.0 Å². The average Bonchev–Trinajstić information content (AvgIpc) is 4.29. The molecule has 0 bridgehead atoms. The van der Waals surface area contributed by atoms with Crippen LogP contribution in [0.3, 0.4) is 0 Å². The van der Waals surface area contributed by atoms with Crippen molar-refractivity contribution in [1.29, 1.82) is 0 Å². The van der Waals surface area contributed by atoms with E-state index in [1.54, 1.807) is 180 Å². The lowest BCUT2D eigenvalue weighted by atomic mass is 9.40. The smallest absolute Gasteiger partial charge is 0.0134 e. The maximum atomic E-state index is 2.23. The first-order valence-electron chi connectivity index (χ1n) is 34.2. The molecule has 3 aromatic carbocycles. The second-order valence-corrected chi connectivity index (χ2v) is 33.3. The summed E-state index contributed by atoms with van der Waals surface area (Å²) in [5.74, 6) is 33.3. The number of rotatable bonds is 3. The molecule has 0 radical (unpaired) electrons. The lowest BCUT2D eigenvalue weighted by Gasteiger charge is -2.65. The first kappa shape index (κ1) is 47.9. The van der Waals surface area contributed by atoms with Gasteiger partial charge in [0.1, 0.15) is 0 Å². The van der Waals surface area contributed by atoms with E-state index in [9.17, 15) is 0 Å². The normalized spacial score (nSPS) is 52.0. The van der Waals surface area contributed by atoms with Gasteiger partial charge in [0.2, 0.25) is 0 Å². The third kappa shape index (κ3) is 7.58. The van der Waals surface area contributed by atoms with Gasteiger partial charge < -0.3 is 0 Å². The zero-order chi connectivity index (χ0) is 48.9. The van der Waals surface area contributed by atoms with Gasteiger partial charge in [-0.25, -0.2) is 0 Å². The SMILES string of the molecule is C1CC2CCC3C4CCC5CCC6CCC(C7CCC1C2C73)C4C65.C1CCC2CC3C(CC2C1)C1CCC2C4CCC5CCC6CCC(C7CCC3C1C27)C4C56.c1ccc(P(c2ccccc2)c2ccccc2)cc1. The zero-order valence-corrected chi connectivity index (χ0v) is 47.5. The molecule has 16 saturated carbocycles. The molecule has 16 aliphatic rings. The van der Waals surface area contributed by atoms with Gasteiger partial charge in [0.25, 0.3) is 0 Å². The lowest BCUT2D eigenvalue weighted by Crippen LogP contribution is -2.59. The van der Waals surface area contributed by atoms with Crippen LogP contribution in [0, 0.1) is 166 Å².